The van der Waals surface area contributed by atoms with E-state index in [2.05, 4.69) is 9.97 Å². The molecular weight excluding hydrogens is 268 g/mol. The smallest absolute Gasteiger partial charge is 0.127 e. The fourth-order valence-electron chi connectivity index (χ4n) is 1.82. The summed E-state index contributed by atoms with van der Waals surface area (Å²) in [5.74, 6) is 1.62. The van der Waals surface area contributed by atoms with Gasteiger partial charge >= 0.3 is 0 Å². The van der Waals surface area contributed by atoms with Crippen LogP contribution in [0.15, 0.2) is 67.0 Å². The molecule has 0 amide bonds. The van der Waals surface area contributed by atoms with Crippen molar-refractivity contribution in [1.82, 2.24) is 9.97 Å². The Bertz CT molecular complexity index is 731. The summed E-state index contributed by atoms with van der Waals surface area (Å²) in [7, 11) is 0. The molecule has 0 aliphatic heterocycles. The predicted molar refractivity (Wildman–Crippen MR) is 81.4 cm³/mol. The lowest BCUT2D eigenvalue weighted by molar-refractivity contribution is 0.483. The van der Waals surface area contributed by atoms with Crippen LogP contribution in [0.2, 0.25) is 0 Å². The van der Waals surface area contributed by atoms with E-state index in [0.29, 0.717) is 4.64 Å². The van der Waals surface area contributed by atoms with E-state index in [9.17, 15) is 0 Å². The zero-order valence-electron chi connectivity index (χ0n) is 10.6. The first kappa shape index (κ1) is 12.6. The third-order valence-corrected chi connectivity index (χ3v) is 3.02. The third kappa shape index (κ3) is 2.92. The van der Waals surface area contributed by atoms with Crippen LogP contribution in [0.3, 0.4) is 0 Å². The van der Waals surface area contributed by atoms with Crippen LogP contribution in [0.1, 0.15) is 0 Å². The molecule has 0 atom stereocenters. The van der Waals surface area contributed by atoms with Gasteiger partial charge in [-0.1, -0.05) is 30.4 Å². The molecule has 0 saturated heterocycles. The topological polar surface area (TPSA) is 37.9 Å². The molecule has 2 aromatic carbocycles. The molecule has 0 saturated carbocycles. The van der Waals surface area contributed by atoms with E-state index in [4.69, 9.17) is 17.0 Å². The van der Waals surface area contributed by atoms with Gasteiger partial charge in [0.25, 0.3) is 0 Å². The largest absolute Gasteiger partial charge is 0.457 e. The van der Waals surface area contributed by atoms with Crippen molar-refractivity contribution in [2.24, 2.45) is 0 Å². The van der Waals surface area contributed by atoms with Crippen molar-refractivity contribution < 1.29 is 4.74 Å². The molecule has 0 spiro atoms. The summed E-state index contributed by atoms with van der Waals surface area (Å²) >= 11 is 4.98. The van der Waals surface area contributed by atoms with Gasteiger partial charge in [-0.15, -0.1) is 0 Å². The maximum absolute atomic E-state index is 5.74. The Morgan fingerprint density at radius 3 is 2.25 bits per heavy atom. The highest BCUT2D eigenvalue weighted by atomic mass is 32.1. The molecular formula is C16H12N2OS. The maximum Gasteiger partial charge on any atom is 0.127 e. The van der Waals surface area contributed by atoms with E-state index in [1.54, 1.807) is 12.4 Å². The molecule has 0 radical (unpaired) electrons. The lowest BCUT2D eigenvalue weighted by atomic mass is 10.1. The Morgan fingerprint density at radius 2 is 1.60 bits per heavy atom. The molecule has 3 aromatic rings. The van der Waals surface area contributed by atoms with Crippen LogP contribution in [-0.2, 0) is 0 Å². The molecule has 1 aromatic heterocycles. The van der Waals surface area contributed by atoms with Gasteiger partial charge in [0.05, 0.1) is 11.9 Å². The zero-order chi connectivity index (χ0) is 13.8. The van der Waals surface area contributed by atoms with E-state index < -0.39 is 0 Å². The predicted octanol–water partition coefficient (Wildman–Crippen LogP) is 4.60. The molecule has 0 aliphatic rings. The summed E-state index contributed by atoms with van der Waals surface area (Å²) in [6.07, 6.45) is 3.44. The summed E-state index contributed by atoms with van der Waals surface area (Å²) in [6.45, 7) is 0. The standard InChI is InChI=1S/C16H12N2OS/c20-16-11-17-15(10-18-16)12-6-8-14(9-7-12)19-13-4-2-1-3-5-13/h1-11H,(H,18,20). The van der Waals surface area contributed by atoms with Crippen LogP contribution in [0.25, 0.3) is 11.3 Å². The van der Waals surface area contributed by atoms with Gasteiger partial charge in [-0.3, -0.25) is 4.98 Å². The van der Waals surface area contributed by atoms with E-state index >= 15 is 0 Å². The minimum atomic E-state index is 0.623. The van der Waals surface area contributed by atoms with Gasteiger partial charge in [0.2, 0.25) is 0 Å². The summed E-state index contributed by atoms with van der Waals surface area (Å²) in [5, 5.41) is 0. The minimum absolute atomic E-state index is 0.623. The molecule has 20 heavy (non-hydrogen) atoms. The average molecular weight is 280 g/mol. The van der Waals surface area contributed by atoms with Crippen molar-refractivity contribution >= 4 is 12.2 Å². The number of aromatic amines is 1. The molecule has 1 heterocycles. The van der Waals surface area contributed by atoms with Crippen LogP contribution >= 0.6 is 12.2 Å². The number of aromatic nitrogens is 2. The molecule has 3 rings (SSSR count). The monoisotopic (exact) mass is 280 g/mol. The number of benzene rings is 2. The van der Waals surface area contributed by atoms with Gasteiger partial charge in [0.1, 0.15) is 16.1 Å². The molecule has 98 valence electrons. The van der Waals surface area contributed by atoms with E-state index in [-0.39, 0.29) is 0 Å². The first-order chi connectivity index (χ1) is 9.81. The average Bonchev–Trinajstić information content (AvgIpc) is 2.50. The van der Waals surface area contributed by atoms with Crippen molar-refractivity contribution in [2.45, 2.75) is 0 Å². The number of hydrogen-bond acceptors (Lipinski definition) is 3. The van der Waals surface area contributed by atoms with E-state index in [1.165, 1.54) is 0 Å². The molecule has 0 unspecified atom stereocenters. The Balaban J connectivity index is 1.81. The normalized spacial score (nSPS) is 10.2. The lowest BCUT2D eigenvalue weighted by Gasteiger charge is -2.06. The third-order valence-electron chi connectivity index (χ3n) is 2.80. The number of ether oxygens (including phenoxy) is 1. The van der Waals surface area contributed by atoms with Gasteiger partial charge in [0.15, 0.2) is 0 Å². The van der Waals surface area contributed by atoms with Crippen molar-refractivity contribution in [2.75, 3.05) is 0 Å². The highest BCUT2D eigenvalue weighted by Crippen LogP contribution is 2.24. The molecule has 4 heteroatoms. The highest BCUT2D eigenvalue weighted by Gasteiger charge is 2.00. The van der Waals surface area contributed by atoms with Crippen LogP contribution in [0.4, 0.5) is 0 Å². The molecule has 0 fully saturated rings. The van der Waals surface area contributed by atoms with E-state index in [0.717, 1.165) is 22.8 Å². The van der Waals surface area contributed by atoms with Crippen molar-refractivity contribution in [3.8, 4) is 22.8 Å². The van der Waals surface area contributed by atoms with Crippen LogP contribution in [0.5, 0.6) is 11.5 Å². The van der Waals surface area contributed by atoms with Gasteiger partial charge in [0, 0.05) is 11.8 Å². The molecule has 1 N–H and O–H groups in total. The summed E-state index contributed by atoms with van der Waals surface area (Å²) in [6, 6.07) is 17.5. The van der Waals surface area contributed by atoms with Crippen molar-refractivity contribution in [1.29, 1.82) is 0 Å². The Hall–Kier alpha value is -2.46. The summed E-state index contributed by atoms with van der Waals surface area (Å²) < 4.78 is 6.37. The minimum Gasteiger partial charge on any atom is -0.457 e. The summed E-state index contributed by atoms with van der Waals surface area (Å²) in [4.78, 5) is 7.26. The second kappa shape index (κ2) is 5.67. The SMILES string of the molecule is S=c1cnc(-c2ccc(Oc3ccccc3)cc2)c[nH]1. The Kier molecular flexibility index (Phi) is 3.56. The van der Waals surface area contributed by atoms with E-state index in [1.807, 2.05) is 54.6 Å². The lowest BCUT2D eigenvalue weighted by Crippen LogP contribution is -1.87. The first-order valence-electron chi connectivity index (χ1n) is 6.19. The van der Waals surface area contributed by atoms with Gasteiger partial charge in [-0.2, -0.15) is 0 Å². The number of nitrogens with zero attached hydrogens (tertiary/aromatic N) is 1. The van der Waals surface area contributed by atoms with Crippen LogP contribution < -0.4 is 4.74 Å². The zero-order valence-corrected chi connectivity index (χ0v) is 11.4. The first-order valence-corrected chi connectivity index (χ1v) is 6.60. The Labute approximate surface area is 121 Å². The second-order valence-corrected chi connectivity index (χ2v) is 4.68. The second-order valence-electron chi connectivity index (χ2n) is 4.24. The summed E-state index contributed by atoms with van der Waals surface area (Å²) in [5.41, 5.74) is 1.86. The fourth-order valence-corrected chi connectivity index (χ4v) is 1.93. The number of rotatable bonds is 3. The fraction of sp³-hybridized carbons (Fsp3) is 0. The van der Waals surface area contributed by atoms with Crippen molar-refractivity contribution in [3.63, 3.8) is 0 Å². The number of nitrogens with one attached hydrogen (secondary N) is 1. The number of H-pyrrole nitrogens is 1. The van der Waals surface area contributed by atoms with Gasteiger partial charge in [-0.05, 0) is 36.4 Å². The number of hydrogen-bond donors (Lipinski definition) is 1. The van der Waals surface area contributed by atoms with Crippen molar-refractivity contribution in [3.05, 3.63) is 71.6 Å². The Morgan fingerprint density at radius 1 is 0.900 bits per heavy atom. The van der Waals surface area contributed by atoms with Crippen LogP contribution in [-0.4, -0.2) is 9.97 Å². The maximum atomic E-state index is 5.74. The van der Waals surface area contributed by atoms with Gasteiger partial charge < -0.3 is 9.72 Å². The highest BCUT2D eigenvalue weighted by molar-refractivity contribution is 7.71. The number of para-hydroxylation sites is 1. The van der Waals surface area contributed by atoms with Gasteiger partial charge in [-0.25, -0.2) is 0 Å². The molecule has 0 bridgehead atoms. The quantitative estimate of drug-likeness (QED) is 0.713. The molecule has 3 nitrogen and oxygen atoms in total. The van der Waals surface area contributed by atoms with Crippen LogP contribution in [0, 0.1) is 4.64 Å². The molecule has 0 aliphatic carbocycles.